The fourth-order valence-electron chi connectivity index (χ4n) is 6.15. The average molecular weight is 623 g/mol. The minimum Gasteiger partial charge on any atom is -0.497 e. The van der Waals surface area contributed by atoms with Crippen LogP contribution in [0.3, 0.4) is 0 Å². The molecule has 0 spiro atoms. The molecule has 3 aliphatic rings. The maximum atomic E-state index is 11.0. The lowest BCUT2D eigenvalue weighted by Crippen LogP contribution is -2.47. The summed E-state index contributed by atoms with van der Waals surface area (Å²) in [5.74, 6) is 1.57. The van der Waals surface area contributed by atoms with Crippen molar-refractivity contribution in [1.82, 2.24) is 0 Å². The molecule has 0 saturated heterocycles. The van der Waals surface area contributed by atoms with Crippen LogP contribution in [0.25, 0.3) is 11.6 Å². The first-order chi connectivity index (χ1) is 21.9. The molecule has 2 N–H and O–H groups in total. The van der Waals surface area contributed by atoms with Gasteiger partial charge >= 0.3 is 5.97 Å². The van der Waals surface area contributed by atoms with Gasteiger partial charge < -0.3 is 33.9 Å². The number of rotatable bonds is 16. The van der Waals surface area contributed by atoms with Gasteiger partial charge in [-0.1, -0.05) is 69.9 Å². The first-order valence-electron chi connectivity index (χ1n) is 16.5. The van der Waals surface area contributed by atoms with Gasteiger partial charge in [-0.2, -0.15) is 0 Å². The van der Waals surface area contributed by atoms with E-state index in [0.29, 0.717) is 46.3 Å². The van der Waals surface area contributed by atoms with E-state index in [2.05, 4.69) is 12.2 Å². The second-order valence-corrected chi connectivity index (χ2v) is 12.1. The van der Waals surface area contributed by atoms with Gasteiger partial charge in [0.2, 0.25) is 0 Å². The summed E-state index contributed by atoms with van der Waals surface area (Å²) >= 11 is 0. The molecule has 0 bridgehead atoms. The van der Waals surface area contributed by atoms with E-state index in [1.165, 1.54) is 70.6 Å². The molecule has 45 heavy (non-hydrogen) atoms. The number of carboxylic acid groups (broad SMARTS) is 1. The highest BCUT2D eigenvalue weighted by Gasteiger charge is 2.44. The van der Waals surface area contributed by atoms with Gasteiger partial charge in [-0.25, -0.2) is 0 Å². The summed E-state index contributed by atoms with van der Waals surface area (Å²) < 4.78 is 27.5. The Hall–Kier alpha value is -3.65. The fourth-order valence-corrected chi connectivity index (χ4v) is 6.15. The van der Waals surface area contributed by atoms with Crippen LogP contribution in [-0.4, -0.2) is 49.9 Å². The highest BCUT2D eigenvalue weighted by Crippen LogP contribution is 2.49. The molecule has 2 aromatic rings. The van der Waals surface area contributed by atoms with Gasteiger partial charge in [0.1, 0.15) is 17.2 Å². The molecule has 2 atom stereocenters. The smallest absolute Gasteiger partial charge is 0.303 e. The van der Waals surface area contributed by atoms with E-state index in [1.807, 2.05) is 18.2 Å². The summed E-state index contributed by atoms with van der Waals surface area (Å²) in [6.45, 7) is -0.0298. The van der Waals surface area contributed by atoms with Gasteiger partial charge in [0, 0.05) is 35.3 Å². The molecule has 0 amide bonds. The van der Waals surface area contributed by atoms with Gasteiger partial charge in [-0.05, 0) is 55.9 Å². The van der Waals surface area contributed by atoms with Crippen LogP contribution >= 0.6 is 0 Å². The van der Waals surface area contributed by atoms with Crippen molar-refractivity contribution >= 4 is 17.6 Å². The second kappa shape index (κ2) is 17.2. The van der Waals surface area contributed by atoms with Crippen LogP contribution < -0.4 is 23.7 Å². The normalized spacial score (nSPS) is 19.0. The van der Waals surface area contributed by atoms with Crippen LogP contribution in [0.1, 0.15) is 101 Å². The van der Waals surface area contributed by atoms with Gasteiger partial charge in [0.25, 0.3) is 5.79 Å². The number of hydrogen-bond acceptors (Lipinski definition) is 7. The van der Waals surface area contributed by atoms with Gasteiger partial charge in [0.05, 0.1) is 21.3 Å². The molecule has 5 rings (SSSR count). The number of aliphatic hydroxyl groups is 1. The van der Waals surface area contributed by atoms with E-state index < -0.39 is 11.8 Å². The zero-order valence-electron chi connectivity index (χ0n) is 27.1. The molecule has 246 valence electrons. The zero-order valence-corrected chi connectivity index (χ0v) is 27.1. The van der Waals surface area contributed by atoms with Crippen molar-refractivity contribution < 1.29 is 38.7 Å². The number of aliphatic carboxylic acids is 1. The number of allylic oxidation sites excluding steroid dienone is 2. The predicted octanol–water partition coefficient (Wildman–Crippen LogP) is 8.44. The lowest BCUT2D eigenvalue weighted by atomic mass is 9.90. The van der Waals surface area contributed by atoms with E-state index in [4.69, 9.17) is 28.8 Å². The molecule has 8 heteroatoms. The number of methoxy groups -OCH3 is 3. The Bertz CT molecular complexity index is 1320. The molecule has 1 aliphatic carbocycles. The third-order valence-corrected chi connectivity index (χ3v) is 8.75. The zero-order chi connectivity index (χ0) is 32.1. The number of fused-ring (bicyclic) bond motifs is 4. The quantitative estimate of drug-likeness (QED) is 0.142. The monoisotopic (exact) mass is 622 g/mol. The molecular formula is C37H50O8. The van der Waals surface area contributed by atoms with E-state index in [9.17, 15) is 9.90 Å². The lowest BCUT2D eigenvalue weighted by Gasteiger charge is -2.39. The Balaban J connectivity index is 0.000000211. The summed E-state index contributed by atoms with van der Waals surface area (Å²) in [6, 6.07) is 9.00. The maximum absolute atomic E-state index is 11.0. The molecule has 0 saturated carbocycles. The second-order valence-electron chi connectivity index (χ2n) is 12.1. The number of unbranched alkanes of at least 4 members (excludes halogenated alkanes) is 9. The summed E-state index contributed by atoms with van der Waals surface area (Å²) in [7, 11) is 4.71. The summed E-state index contributed by atoms with van der Waals surface area (Å²) in [5.41, 5.74) is 2.17. The standard InChI is InChI=1S/C19H18O6.C18H32O2/c1-21-12-5-4-11-6-14-13-8-17(22-2)18(23-3)9-16(13)24-10-19(14,20)25-15(11)7-12;19-18(20)16-10-8-6-4-2-1-3-5-7-9-13-17-14-11-12-15-17/h4-9,20H,10H2,1-3H3;11,14,17H,1-10,12-13,15-16H2,(H,19,20). The largest absolute Gasteiger partial charge is 0.497 e. The van der Waals surface area contributed by atoms with Crippen LogP contribution in [0.2, 0.25) is 0 Å². The van der Waals surface area contributed by atoms with E-state index in [-0.39, 0.29) is 6.61 Å². The highest BCUT2D eigenvalue weighted by molar-refractivity contribution is 5.92. The molecule has 0 fully saturated rings. The van der Waals surface area contributed by atoms with Gasteiger partial charge in [0.15, 0.2) is 18.1 Å². The Labute approximate surface area is 268 Å². The Kier molecular flexibility index (Phi) is 13.0. The van der Waals surface area contributed by atoms with Crippen molar-refractivity contribution in [3.05, 3.63) is 53.6 Å². The van der Waals surface area contributed by atoms with Crippen LogP contribution in [0, 0.1) is 5.92 Å². The molecule has 2 heterocycles. The van der Waals surface area contributed by atoms with Crippen molar-refractivity contribution in [2.24, 2.45) is 5.92 Å². The van der Waals surface area contributed by atoms with Crippen molar-refractivity contribution in [2.75, 3.05) is 27.9 Å². The van der Waals surface area contributed by atoms with Crippen LogP contribution in [-0.2, 0) is 4.79 Å². The lowest BCUT2D eigenvalue weighted by molar-refractivity contribution is -0.137. The number of carbonyl (C=O) groups is 1. The van der Waals surface area contributed by atoms with Crippen molar-refractivity contribution in [2.45, 2.75) is 95.7 Å². The van der Waals surface area contributed by atoms with Crippen LogP contribution in [0.15, 0.2) is 42.5 Å². The number of carboxylic acids is 1. The topological polar surface area (TPSA) is 104 Å². The molecule has 0 radical (unpaired) electrons. The SMILES string of the molecule is COc1ccc2c(c1)OC1(O)COc3cc(OC)c(OC)cc3C1=C2.O=C(O)CCCCCCCCCCCCC1C=CCC1. The van der Waals surface area contributed by atoms with E-state index in [0.717, 1.165) is 24.3 Å². The number of benzene rings is 2. The van der Waals surface area contributed by atoms with Crippen LogP contribution in [0.5, 0.6) is 28.7 Å². The molecule has 2 aromatic carbocycles. The number of hydrogen-bond donors (Lipinski definition) is 2. The molecule has 8 nitrogen and oxygen atoms in total. The first kappa shape index (κ1) is 34.2. The third kappa shape index (κ3) is 9.67. The number of ether oxygens (including phenoxy) is 5. The first-order valence-corrected chi connectivity index (χ1v) is 16.5. The third-order valence-electron chi connectivity index (χ3n) is 8.75. The highest BCUT2D eigenvalue weighted by atomic mass is 16.7. The average Bonchev–Trinajstić information content (AvgIpc) is 3.57. The molecule has 0 aromatic heterocycles. The summed E-state index contributed by atoms with van der Waals surface area (Å²) in [5, 5.41) is 19.5. The predicted molar refractivity (Wildman–Crippen MR) is 176 cm³/mol. The maximum Gasteiger partial charge on any atom is 0.303 e. The van der Waals surface area contributed by atoms with Crippen molar-refractivity contribution in [1.29, 1.82) is 0 Å². The van der Waals surface area contributed by atoms with Crippen molar-refractivity contribution in [3.63, 3.8) is 0 Å². The minimum atomic E-state index is -1.58. The Morgan fingerprint density at radius 2 is 1.53 bits per heavy atom. The molecule has 2 unspecified atom stereocenters. The molecule has 2 aliphatic heterocycles. The van der Waals surface area contributed by atoms with E-state index >= 15 is 0 Å². The van der Waals surface area contributed by atoms with Gasteiger partial charge in [-0.3, -0.25) is 4.79 Å². The fraction of sp³-hybridized carbons (Fsp3) is 0.541. The van der Waals surface area contributed by atoms with Crippen molar-refractivity contribution in [3.8, 4) is 28.7 Å². The summed E-state index contributed by atoms with van der Waals surface area (Å²) in [4.78, 5) is 10.3. The molecular weight excluding hydrogens is 572 g/mol. The van der Waals surface area contributed by atoms with Crippen LogP contribution in [0.4, 0.5) is 0 Å². The minimum absolute atomic E-state index is 0.0298. The van der Waals surface area contributed by atoms with Gasteiger partial charge in [-0.15, -0.1) is 0 Å². The van der Waals surface area contributed by atoms with E-state index in [1.54, 1.807) is 39.5 Å². The Morgan fingerprint density at radius 3 is 2.16 bits per heavy atom. The Morgan fingerprint density at radius 1 is 0.867 bits per heavy atom. The summed E-state index contributed by atoms with van der Waals surface area (Å²) in [6.07, 6.45) is 23.8.